The first-order valence-corrected chi connectivity index (χ1v) is 8.22. The Bertz CT molecular complexity index is 790. The molecule has 6 heteroatoms. The zero-order valence-electron chi connectivity index (χ0n) is 12.0. The molecule has 21 heavy (non-hydrogen) atoms. The summed E-state index contributed by atoms with van der Waals surface area (Å²) in [6.45, 7) is 4.18. The number of benzene rings is 1. The highest BCUT2D eigenvalue weighted by molar-refractivity contribution is 9.10. The Kier molecular flexibility index (Phi) is 3.82. The fourth-order valence-electron chi connectivity index (χ4n) is 2.29. The summed E-state index contributed by atoms with van der Waals surface area (Å²) in [4.78, 5) is 9.99. The summed E-state index contributed by atoms with van der Waals surface area (Å²) in [5.41, 5.74) is 3.44. The third-order valence-corrected chi connectivity index (χ3v) is 4.55. The van der Waals surface area contributed by atoms with Gasteiger partial charge in [0.15, 0.2) is 0 Å². The normalized spacial score (nSPS) is 10.9. The van der Waals surface area contributed by atoms with Crippen LogP contribution < -0.4 is 10.6 Å². The molecule has 3 rings (SSSR count). The van der Waals surface area contributed by atoms with Crippen LogP contribution >= 0.6 is 27.3 Å². The quantitative estimate of drug-likeness (QED) is 0.698. The summed E-state index contributed by atoms with van der Waals surface area (Å²) in [5, 5.41) is 9.55. The maximum atomic E-state index is 4.55. The van der Waals surface area contributed by atoms with Crippen molar-refractivity contribution in [3.63, 3.8) is 0 Å². The number of aryl methyl sites for hydroxylation is 2. The number of halogens is 1. The van der Waals surface area contributed by atoms with Gasteiger partial charge in [-0.3, -0.25) is 0 Å². The van der Waals surface area contributed by atoms with Crippen molar-refractivity contribution in [3.8, 4) is 0 Å². The molecular formula is C15H15BrN4S. The van der Waals surface area contributed by atoms with Crippen molar-refractivity contribution >= 4 is 54.9 Å². The van der Waals surface area contributed by atoms with Crippen molar-refractivity contribution in [1.29, 1.82) is 0 Å². The van der Waals surface area contributed by atoms with E-state index in [0.29, 0.717) is 5.95 Å². The standard InChI is InChI=1S/C15H15BrN4S/c1-8-6-10(16)7-9(2)12(8)18-13-11-4-5-21-14(11)20-15(17-3)19-13/h4-7H,1-3H3,(H2,17,18,19,20). The van der Waals surface area contributed by atoms with Gasteiger partial charge in [-0.1, -0.05) is 15.9 Å². The molecule has 0 saturated heterocycles. The molecule has 0 saturated carbocycles. The number of aromatic nitrogens is 2. The van der Waals surface area contributed by atoms with Crippen LogP contribution in [0.1, 0.15) is 11.1 Å². The van der Waals surface area contributed by atoms with Crippen LogP contribution in [0, 0.1) is 13.8 Å². The molecule has 0 unspecified atom stereocenters. The van der Waals surface area contributed by atoms with Crippen LogP contribution in [-0.4, -0.2) is 17.0 Å². The molecule has 0 spiro atoms. The lowest BCUT2D eigenvalue weighted by Crippen LogP contribution is -2.03. The maximum Gasteiger partial charge on any atom is 0.225 e. The number of thiophene rings is 1. The summed E-state index contributed by atoms with van der Waals surface area (Å²) in [6.07, 6.45) is 0. The average Bonchev–Trinajstić information content (AvgIpc) is 2.90. The summed E-state index contributed by atoms with van der Waals surface area (Å²) < 4.78 is 1.09. The van der Waals surface area contributed by atoms with Crippen LogP contribution in [-0.2, 0) is 0 Å². The molecule has 0 atom stereocenters. The van der Waals surface area contributed by atoms with E-state index in [1.807, 2.05) is 18.5 Å². The third-order valence-electron chi connectivity index (χ3n) is 3.29. The second-order valence-corrected chi connectivity index (χ2v) is 6.64. The zero-order chi connectivity index (χ0) is 15.0. The van der Waals surface area contributed by atoms with Crippen molar-refractivity contribution in [3.05, 3.63) is 39.2 Å². The summed E-state index contributed by atoms with van der Waals surface area (Å²) >= 11 is 5.14. The number of rotatable bonds is 3. The Morgan fingerprint density at radius 1 is 1.14 bits per heavy atom. The van der Waals surface area contributed by atoms with E-state index in [-0.39, 0.29) is 0 Å². The Morgan fingerprint density at radius 3 is 2.52 bits per heavy atom. The van der Waals surface area contributed by atoms with Crippen LogP contribution in [0.4, 0.5) is 17.5 Å². The molecule has 2 N–H and O–H groups in total. The zero-order valence-corrected chi connectivity index (χ0v) is 14.4. The van der Waals surface area contributed by atoms with Gasteiger partial charge in [0.1, 0.15) is 10.6 Å². The molecule has 0 radical (unpaired) electrons. The Balaban J connectivity index is 2.11. The van der Waals surface area contributed by atoms with Crippen molar-refractivity contribution in [2.24, 2.45) is 0 Å². The molecule has 2 heterocycles. The van der Waals surface area contributed by atoms with E-state index in [2.05, 4.69) is 62.5 Å². The van der Waals surface area contributed by atoms with E-state index < -0.39 is 0 Å². The number of hydrogen-bond donors (Lipinski definition) is 2. The van der Waals surface area contributed by atoms with Crippen molar-refractivity contribution in [1.82, 2.24) is 9.97 Å². The minimum absolute atomic E-state index is 0.625. The monoisotopic (exact) mass is 362 g/mol. The van der Waals surface area contributed by atoms with Gasteiger partial charge in [0.05, 0.1) is 5.39 Å². The molecule has 0 aliphatic carbocycles. The number of anilines is 3. The highest BCUT2D eigenvalue weighted by Gasteiger charge is 2.11. The van der Waals surface area contributed by atoms with Gasteiger partial charge < -0.3 is 10.6 Å². The predicted octanol–water partition coefficient (Wildman–Crippen LogP) is 4.86. The van der Waals surface area contributed by atoms with E-state index >= 15 is 0 Å². The Labute approximate surface area is 135 Å². The topological polar surface area (TPSA) is 49.8 Å². The van der Waals surface area contributed by atoms with Gasteiger partial charge in [-0.25, -0.2) is 4.98 Å². The Morgan fingerprint density at radius 2 is 1.86 bits per heavy atom. The third kappa shape index (κ3) is 2.73. The van der Waals surface area contributed by atoms with Crippen LogP contribution in [0.25, 0.3) is 10.2 Å². The summed E-state index contributed by atoms with van der Waals surface area (Å²) in [7, 11) is 1.83. The first-order chi connectivity index (χ1) is 10.1. The first-order valence-electron chi connectivity index (χ1n) is 6.55. The van der Waals surface area contributed by atoms with Crippen LogP contribution in [0.3, 0.4) is 0 Å². The number of hydrogen-bond acceptors (Lipinski definition) is 5. The van der Waals surface area contributed by atoms with E-state index in [1.54, 1.807) is 11.3 Å². The van der Waals surface area contributed by atoms with E-state index in [4.69, 9.17) is 0 Å². The van der Waals surface area contributed by atoms with Crippen LogP contribution in [0.5, 0.6) is 0 Å². The largest absolute Gasteiger partial charge is 0.357 e. The van der Waals surface area contributed by atoms with Gasteiger partial charge in [-0.05, 0) is 48.6 Å². The molecule has 0 amide bonds. The van der Waals surface area contributed by atoms with Gasteiger partial charge in [0.25, 0.3) is 0 Å². The van der Waals surface area contributed by atoms with Crippen molar-refractivity contribution in [2.45, 2.75) is 13.8 Å². The molecule has 0 bridgehead atoms. The summed E-state index contributed by atoms with van der Waals surface area (Å²) in [5.74, 6) is 1.46. The summed E-state index contributed by atoms with van der Waals surface area (Å²) in [6, 6.07) is 6.24. The second kappa shape index (κ2) is 5.61. The van der Waals surface area contributed by atoms with E-state index in [9.17, 15) is 0 Å². The fraction of sp³-hybridized carbons (Fsp3) is 0.200. The van der Waals surface area contributed by atoms with Gasteiger partial charge in [-0.15, -0.1) is 11.3 Å². The first kappa shape index (κ1) is 14.3. The van der Waals surface area contributed by atoms with Crippen molar-refractivity contribution < 1.29 is 0 Å². The molecule has 0 aliphatic heterocycles. The molecule has 108 valence electrons. The molecule has 1 aromatic carbocycles. The van der Waals surface area contributed by atoms with E-state index in [0.717, 1.165) is 26.2 Å². The van der Waals surface area contributed by atoms with Gasteiger partial charge in [-0.2, -0.15) is 4.98 Å². The van der Waals surface area contributed by atoms with Crippen LogP contribution in [0.2, 0.25) is 0 Å². The van der Waals surface area contributed by atoms with E-state index in [1.165, 1.54) is 11.1 Å². The SMILES string of the molecule is CNc1nc(Nc2c(C)cc(Br)cc2C)c2ccsc2n1. The van der Waals surface area contributed by atoms with Crippen LogP contribution in [0.15, 0.2) is 28.1 Å². The molecule has 2 aromatic heterocycles. The number of fused-ring (bicyclic) bond motifs is 1. The van der Waals surface area contributed by atoms with Gasteiger partial charge in [0, 0.05) is 17.2 Å². The highest BCUT2D eigenvalue weighted by atomic mass is 79.9. The molecule has 3 aromatic rings. The lowest BCUT2D eigenvalue weighted by atomic mass is 10.1. The molecule has 0 aliphatic rings. The van der Waals surface area contributed by atoms with Gasteiger partial charge >= 0.3 is 0 Å². The lowest BCUT2D eigenvalue weighted by Gasteiger charge is -2.14. The lowest BCUT2D eigenvalue weighted by molar-refractivity contribution is 1.20. The molecule has 0 fully saturated rings. The number of nitrogens with one attached hydrogen (secondary N) is 2. The maximum absolute atomic E-state index is 4.55. The highest BCUT2D eigenvalue weighted by Crippen LogP contribution is 2.32. The minimum atomic E-state index is 0.625. The number of nitrogens with zero attached hydrogens (tertiary/aromatic N) is 2. The smallest absolute Gasteiger partial charge is 0.225 e. The fourth-order valence-corrected chi connectivity index (χ4v) is 3.74. The molecular weight excluding hydrogens is 348 g/mol. The minimum Gasteiger partial charge on any atom is -0.357 e. The average molecular weight is 363 g/mol. The Hall–Kier alpha value is -1.66. The molecule has 4 nitrogen and oxygen atoms in total. The second-order valence-electron chi connectivity index (χ2n) is 4.82. The van der Waals surface area contributed by atoms with Crippen molar-refractivity contribution in [2.75, 3.05) is 17.7 Å². The predicted molar refractivity (Wildman–Crippen MR) is 93.9 cm³/mol. The van der Waals surface area contributed by atoms with Gasteiger partial charge in [0.2, 0.25) is 5.95 Å².